The lowest BCUT2D eigenvalue weighted by molar-refractivity contribution is -0.167. The Bertz CT molecular complexity index is 674. The van der Waals surface area contributed by atoms with Crippen LogP contribution in [0.5, 0.6) is 0 Å². The Morgan fingerprint density at radius 3 is 2.46 bits per heavy atom. The van der Waals surface area contributed by atoms with E-state index in [1.165, 1.54) is 0 Å². The van der Waals surface area contributed by atoms with E-state index < -0.39 is 17.7 Å². The zero-order chi connectivity index (χ0) is 20.1. The fraction of sp³-hybridized carbons (Fsp3) is 0.619. The van der Waals surface area contributed by atoms with E-state index >= 15 is 0 Å². The molecule has 2 aliphatic heterocycles. The fourth-order valence-corrected chi connectivity index (χ4v) is 3.75. The Morgan fingerprint density at radius 2 is 1.82 bits per heavy atom. The van der Waals surface area contributed by atoms with Crippen LogP contribution in [0.1, 0.15) is 38.4 Å². The van der Waals surface area contributed by atoms with Crippen molar-refractivity contribution in [1.29, 1.82) is 0 Å². The van der Waals surface area contributed by atoms with E-state index in [0.717, 1.165) is 0 Å². The molecule has 0 N–H and O–H groups in total. The highest BCUT2D eigenvalue weighted by Crippen LogP contribution is 2.32. The lowest BCUT2D eigenvalue weighted by Gasteiger charge is -2.47. The third-order valence-electron chi connectivity index (χ3n) is 5.44. The molecule has 0 saturated carbocycles. The molecule has 2 amide bonds. The molecule has 2 heterocycles. The summed E-state index contributed by atoms with van der Waals surface area (Å²) >= 11 is 0. The molecule has 1 spiro atoms. The number of amides is 2. The van der Waals surface area contributed by atoms with E-state index in [1.807, 2.05) is 13.8 Å². The third-order valence-corrected chi connectivity index (χ3v) is 5.44. The number of piperidine rings is 1. The fourth-order valence-electron chi connectivity index (χ4n) is 3.75. The summed E-state index contributed by atoms with van der Waals surface area (Å²) in [5.74, 6) is -0.544. The molecule has 6 nitrogen and oxygen atoms in total. The molecule has 0 bridgehead atoms. The second kappa shape index (κ2) is 9.01. The summed E-state index contributed by atoms with van der Waals surface area (Å²) in [7, 11) is 0. The van der Waals surface area contributed by atoms with Gasteiger partial charge in [0.25, 0.3) is 5.91 Å². The Balaban J connectivity index is 1.55. The minimum absolute atomic E-state index is 0.00598. The minimum atomic E-state index is -1.64. The maximum atomic E-state index is 14.6. The summed E-state index contributed by atoms with van der Waals surface area (Å²) in [5, 5.41) is 0. The number of rotatable bonds is 5. The monoisotopic (exact) mass is 392 g/mol. The summed E-state index contributed by atoms with van der Waals surface area (Å²) in [6.07, 6.45) is -0.454. The number of hydrogen-bond acceptors (Lipinski definition) is 4. The quantitative estimate of drug-likeness (QED) is 0.772. The second-order valence-corrected chi connectivity index (χ2v) is 7.81. The molecule has 2 fully saturated rings. The van der Waals surface area contributed by atoms with Crippen LogP contribution in [-0.2, 0) is 19.1 Å². The molecule has 0 aliphatic carbocycles. The molecular formula is C21H29FN2O4. The molecule has 3 rings (SSSR count). The average Bonchev–Trinajstić information content (AvgIpc) is 2.72. The zero-order valence-electron chi connectivity index (χ0n) is 16.6. The molecule has 1 aromatic rings. The smallest absolute Gasteiger partial charge is 0.261 e. The number of benzene rings is 1. The van der Waals surface area contributed by atoms with Gasteiger partial charge in [0.15, 0.2) is 0 Å². The van der Waals surface area contributed by atoms with Crippen molar-refractivity contribution in [2.45, 2.75) is 44.6 Å². The van der Waals surface area contributed by atoms with Crippen LogP contribution in [0, 0.1) is 0 Å². The zero-order valence-corrected chi connectivity index (χ0v) is 16.6. The first-order valence-corrected chi connectivity index (χ1v) is 9.91. The number of carbonyl (C=O) groups is 2. The Hall–Kier alpha value is -1.99. The highest BCUT2D eigenvalue weighted by Gasteiger charge is 2.42. The Morgan fingerprint density at radius 1 is 1.14 bits per heavy atom. The number of ether oxygens (including phenoxy) is 2. The van der Waals surface area contributed by atoms with Crippen LogP contribution in [0.3, 0.4) is 0 Å². The first-order chi connectivity index (χ1) is 13.4. The Kier molecular flexibility index (Phi) is 6.67. The van der Waals surface area contributed by atoms with Gasteiger partial charge in [0, 0.05) is 26.2 Å². The molecule has 1 atom stereocenters. The molecule has 0 radical (unpaired) electrons. The first kappa shape index (κ1) is 20.7. The summed E-state index contributed by atoms with van der Waals surface area (Å²) < 4.78 is 26.0. The van der Waals surface area contributed by atoms with Crippen LogP contribution in [0.25, 0.3) is 0 Å². The van der Waals surface area contributed by atoms with Gasteiger partial charge >= 0.3 is 0 Å². The van der Waals surface area contributed by atoms with Crippen molar-refractivity contribution in [2.24, 2.45) is 0 Å². The Labute approximate surface area is 165 Å². The normalized spacial score (nSPS) is 20.4. The average molecular weight is 392 g/mol. The molecule has 1 aromatic carbocycles. The van der Waals surface area contributed by atoms with E-state index in [1.54, 1.807) is 40.1 Å². The van der Waals surface area contributed by atoms with Crippen molar-refractivity contribution in [2.75, 3.05) is 39.4 Å². The predicted octanol–water partition coefficient (Wildman–Crippen LogP) is 2.34. The number of likely N-dealkylation sites (tertiary alicyclic amines) is 1. The summed E-state index contributed by atoms with van der Waals surface area (Å²) in [6, 6.07) is 8.50. The van der Waals surface area contributed by atoms with Crippen molar-refractivity contribution in [3.8, 4) is 0 Å². The van der Waals surface area contributed by atoms with E-state index in [9.17, 15) is 14.0 Å². The van der Waals surface area contributed by atoms with Gasteiger partial charge in [-0.2, -0.15) is 0 Å². The van der Waals surface area contributed by atoms with Gasteiger partial charge in [0.2, 0.25) is 12.1 Å². The maximum absolute atomic E-state index is 14.6. The van der Waals surface area contributed by atoms with Gasteiger partial charge in [-0.1, -0.05) is 30.3 Å². The van der Waals surface area contributed by atoms with Gasteiger partial charge in [-0.25, -0.2) is 4.39 Å². The number of hydrogen-bond donors (Lipinski definition) is 0. The lowest BCUT2D eigenvalue weighted by Crippen LogP contribution is -2.59. The number of carbonyl (C=O) groups excluding carboxylic acids is 2. The summed E-state index contributed by atoms with van der Waals surface area (Å²) in [4.78, 5) is 28.2. The molecule has 1 unspecified atom stereocenters. The van der Waals surface area contributed by atoms with Gasteiger partial charge in [-0.05, 0) is 32.3 Å². The number of alkyl halides is 1. The first-order valence-electron chi connectivity index (χ1n) is 9.91. The van der Waals surface area contributed by atoms with Crippen molar-refractivity contribution < 1.29 is 23.5 Å². The van der Waals surface area contributed by atoms with Crippen molar-refractivity contribution >= 4 is 11.8 Å². The number of halogens is 1. The molecule has 0 aromatic heterocycles. The van der Waals surface area contributed by atoms with Gasteiger partial charge < -0.3 is 19.3 Å². The highest BCUT2D eigenvalue weighted by atomic mass is 19.1. The second-order valence-electron chi connectivity index (χ2n) is 7.81. The van der Waals surface area contributed by atoms with E-state index in [0.29, 0.717) is 51.2 Å². The van der Waals surface area contributed by atoms with Gasteiger partial charge in [0.1, 0.15) is 6.61 Å². The van der Waals surface area contributed by atoms with E-state index in [-0.39, 0.29) is 18.6 Å². The van der Waals surface area contributed by atoms with Crippen LogP contribution in [0.4, 0.5) is 4.39 Å². The highest BCUT2D eigenvalue weighted by molar-refractivity contribution is 5.82. The van der Waals surface area contributed by atoms with Gasteiger partial charge in [0.05, 0.1) is 18.3 Å². The van der Waals surface area contributed by atoms with Crippen molar-refractivity contribution in [1.82, 2.24) is 9.80 Å². The number of morpholine rings is 1. The van der Waals surface area contributed by atoms with Crippen molar-refractivity contribution in [3.05, 3.63) is 35.9 Å². The van der Waals surface area contributed by atoms with E-state index in [2.05, 4.69) is 0 Å². The lowest BCUT2D eigenvalue weighted by atomic mass is 9.89. The van der Waals surface area contributed by atoms with Crippen LogP contribution in [0.15, 0.2) is 30.3 Å². The minimum Gasteiger partial charge on any atom is -0.371 e. The standard InChI is InChI=1S/C21H29FN2O4/c1-16(2)27-14-18(25)24-12-13-28-21(15-24)8-10-23(11-9-21)20(26)19(22)17-6-4-3-5-7-17/h3-7,16,19H,8-15H2,1-2H3. The van der Waals surface area contributed by atoms with Crippen LogP contribution in [0.2, 0.25) is 0 Å². The van der Waals surface area contributed by atoms with E-state index in [4.69, 9.17) is 9.47 Å². The third kappa shape index (κ3) is 4.89. The topological polar surface area (TPSA) is 59.1 Å². The van der Waals surface area contributed by atoms with Gasteiger partial charge in [-0.3, -0.25) is 9.59 Å². The molecule has 2 saturated heterocycles. The largest absolute Gasteiger partial charge is 0.371 e. The molecule has 7 heteroatoms. The molecule has 28 heavy (non-hydrogen) atoms. The maximum Gasteiger partial charge on any atom is 0.261 e. The molecular weight excluding hydrogens is 363 g/mol. The summed E-state index contributed by atoms with van der Waals surface area (Å²) in [6.45, 7) is 6.23. The van der Waals surface area contributed by atoms with Crippen molar-refractivity contribution in [3.63, 3.8) is 0 Å². The molecule has 154 valence electrons. The SMILES string of the molecule is CC(C)OCC(=O)N1CCOC2(CCN(C(=O)C(F)c3ccccc3)CC2)C1. The van der Waals surface area contributed by atoms with Gasteiger partial charge in [-0.15, -0.1) is 0 Å². The molecule has 2 aliphatic rings. The van der Waals surface area contributed by atoms with Crippen LogP contribution >= 0.6 is 0 Å². The van der Waals surface area contributed by atoms with Crippen LogP contribution < -0.4 is 0 Å². The summed E-state index contributed by atoms with van der Waals surface area (Å²) in [5.41, 5.74) is -0.0789. The van der Waals surface area contributed by atoms with Crippen LogP contribution in [-0.4, -0.2) is 72.7 Å². The predicted molar refractivity (Wildman–Crippen MR) is 102 cm³/mol. The number of nitrogens with zero attached hydrogens (tertiary/aromatic N) is 2.